The average Bonchev–Trinajstić information content (AvgIpc) is 3.53. The lowest BCUT2D eigenvalue weighted by Crippen LogP contribution is -2.42. The van der Waals surface area contributed by atoms with Gasteiger partial charge < -0.3 is 19.5 Å². The molecule has 1 aromatic rings. The largest absolute Gasteiger partial charge is 0.465 e. The van der Waals surface area contributed by atoms with Crippen LogP contribution in [0.1, 0.15) is 49.7 Å². The molecule has 3 heterocycles. The maximum absolute atomic E-state index is 13.0. The predicted octanol–water partition coefficient (Wildman–Crippen LogP) is 1.28. The zero-order valence-corrected chi connectivity index (χ0v) is 14.2. The standard InChI is InChI=1S/C17H23N5O3/c23-15(12-9-17(12)3-5-20(6-4-17)16(24)25)21-7-8-22-13(10-21)18-19-14(22)11-1-2-11/h11-12H,1-10H2,(H,24,25). The van der Waals surface area contributed by atoms with Crippen molar-refractivity contribution >= 4 is 12.0 Å². The van der Waals surface area contributed by atoms with Crippen molar-refractivity contribution in [2.24, 2.45) is 11.3 Å². The predicted molar refractivity (Wildman–Crippen MR) is 86.8 cm³/mol. The van der Waals surface area contributed by atoms with E-state index in [1.54, 1.807) is 0 Å². The van der Waals surface area contributed by atoms with Crippen molar-refractivity contribution in [3.05, 3.63) is 11.6 Å². The molecule has 5 rings (SSSR count). The summed E-state index contributed by atoms with van der Waals surface area (Å²) in [5, 5.41) is 17.7. The number of carbonyl (C=O) groups is 2. The first-order valence-electron chi connectivity index (χ1n) is 9.26. The fraction of sp³-hybridized carbons (Fsp3) is 0.765. The minimum Gasteiger partial charge on any atom is -0.465 e. The van der Waals surface area contributed by atoms with E-state index in [0.717, 1.165) is 44.0 Å². The van der Waals surface area contributed by atoms with E-state index in [9.17, 15) is 9.59 Å². The Hall–Kier alpha value is -2.12. The maximum Gasteiger partial charge on any atom is 0.407 e. The van der Waals surface area contributed by atoms with Crippen LogP contribution in [0.5, 0.6) is 0 Å². The first kappa shape index (κ1) is 15.2. The molecule has 2 aliphatic heterocycles. The van der Waals surface area contributed by atoms with Crippen molar-refractivity contribution in [3.8, 4) is 0 Å². The van der Waals surface area contributed by atoms with Crippen LogP contribution in [-0.2, 0) is 17.9 Å². The fourth-order valence-electron chi connectivity index (χ4n) is 4.63. The number of piperidine rings is 1. The number of carboxylic acid groups (broad SMARTS) is 1. The Labute approximate surface area is 145 Å². The minimum absolute atomic E-state index is 0.0489. The highest BCUT2D eigenvalue weighted by Gasteiger charge is 2.59. The van der Waals surface area contributed by atoms with E-state index in [1.165, 1.54) is 17.7 Å². The lowest BCUT2D eigenvalue weighted by molar-refractivity contribution is -0.135. The SMILES string of the molecule is O=C(O)N1CCC2(CC1)CC2C(=O)N1CCn2c(nnc2C2CC2)C1. The van der Waals surface area contributed by atoms with Crippen LogP contribution in [0.4, 0.5) is 4.79 Å². The monoisotopic (exact) mass is 345 g/mol. The van der Waals surface area contributed by atoms with Gasteiger partial charge in [-0.1, -0.05) is 0 Å². The van der Waals surface area contributed by atoms with Crippen molar-refractivity contribution < 1.29 is 14.7 Å². The van der Waals surface area contributed by atoms with Crippen molar-refractivity contribution in [2.45, 2.75) is 51.1 Å². The summed E-state index contributed by atoms with van der Waals surface area (Å²) in [6.07, 6.45) is 4.10. The van der Waals surface area contributed by atoms with Gasteiger partial charge in [-0.05, 0) is 37.5 Å². The quantitative estimate of drug-likeness (QED) is 0.872. The van der Waals surface area contributed by atoms with Gasteiger partial charge in [-0.3, -0.25) is 4.79 Å². The number of likely N-dealkylation sites (tertiary alicyclic amines) is 1. The fourth-order valence-corrected chi connectivity index (χ4v) is 4.63. The summed E-state index contributed by atoms with van der Waals surface area (Å²) in [5.74, 6) is 2.89. The van der Waals surface area contributed by atoms with Crippen LogP contribution in [0, 0.1) is 11.3 Å². The van der Waals surface area contributed by atoms with E-state index < -0.39 is 6.09 Å². The molecule has 134 valence electrons. The van der Waals surface area contributed by atoms with E-state index in [-0.39, 0.29) is 17.2 Å². The third kappa shape index (κ3) is 2.41. The molecule has 1 spiro atoms. The van der Waals surface area contributed by atoms with Crippen LogP contribution < -0.4 is 0 Å². The first-order valence-corrected chi connectivity index (χ1v) is 9.26. The molecule has 8 nitrogen and oxygen atoms in total. The van der Waals surface area contributed by atoms with Gasteiger partial charge in [-0.25, -0.2) is 4.79 Å². The van der Waals surface area contributed by atoms with Gasteiger partial charge in [-0.15, -0.1) is 10.2 Å². The van der Waals surface area contributed by atoms with Gasteiger partial charge in [0.15, 0.2) is 5.82 Å². The number of hydrogen-bond acceptors (Lipinski definition) is 4. The smallest absolute Gasteiger partial charge is 0.407 e. The normalized spacial score (nSPS) is 27.3. The number of aromatic nitrogens is 3. The highest BCUT2D eigenvalue weighted by molar-refractivity contribution is 5.83. The third-order valence-corrected chi connectivity index (χ3v) is 6.55. The van der Waals surface area contributed by atoms with Gasteiger partial charge in [0, 0.05) is 38.0 Å². The van der Waals surface area contributed by atoms with E-state index in [2.05, 4.69) is 14.8 Å². The molecular weight excluding hydrogens is 322 g/mol. The Morgan fingerprint density at radius 2 is 1.80 bits per heavy atom. The van der Waals surface area contributed by atoms with Crippen LogP contribution in [0.25, 0.3) is 0 Å². The first-order chi connectivity index (χ1) is 12.1. The zero-order valence-electron chi connectivity index (χ0n) is 14.2. The van der Waals surface area contributed by atoms with Crippen molar-refractivity contribution in [1.29, 1.82) is 0 Å². The Morgan fingerprint density at radius 3 is 2.48 bits per heavy atom. The van der Waals surface area contributed by atoms with Gasteiger partial charge in [0.2, 0.25) is 5.91 Å². The molecule has 0 aromatic carbocycles. The molecule has 1 N–H and O–H groups in total. The molecule has 2 aliphatic carbocycles. The van der Waals surface area contributed by atoms with Crippen LogP contribution in [0.2, 0.25) is 0 Å². The summed E-state index contributed by atoms with van der Waals surface area (Å²) >= 11 is 0. The van der Waals surface area contributed by atoms with Crippen LogP contribution in [-0.4, -0.2) is 61.3 Å². The molecule has 2 saturated carbocycles. The van der Waals surface area contributed by atoms with Crippen LogP contribution in [0.3, 0.4) is 0 Å². The number of fused-ring (bicyclic) bond motifs is 1. The number of hydrogen-bond donors (Lipinski definition) is 1. The van der Waals surface area contributed by atoms with Crippen molar-refractivity contribution in [3.63, 3.8) is 0 Å². The molecular formula is C17H23N5O3. The second-order valence-electron chi connectivity index (χ2n) is 8.05. The van der Waals surface area contributed by atoms with Crippen molar-refractivity contribution in [1.82, 2.24) is 24.6 Å². The summed E-state index contributed by atoms with van der Waals surface area (Å²) < 4.78 is 2.20. The highest BCUT2D eigenvalue weighted by Crippen LogP contribution is 2.60. The summed E-state index contributed by atoms with van der Waals surface area (Å²) in [4.78, 5) is 27.4. The third-order valence-electron chi connectivity index (χ3n) is 6.55. The van der Waals surface area contributed by atoms with E-state index >= 15 is 0 Å². The van der Waals surface area contributed by atoms with E-state index in [1.807, 2.05) is 4.90 Å². The second kappa shape index (κ2) is 5.19. The summed E-state index contributed by atoms with van der Waals surface area (Å²) in [6, 6.07) is 0. The topological polar surface area (TPSA) is 91.6 Å². The molecule has 1 atom stereocenters. The van der Waals surface area contributed by atoms with Gasteiger partial charge in [0.05, 0.1) is 6.54 Å². The Morgan fingerprint density at radius 1 is 1.04 bits per heavy atom. The number of carbonyl (C=O) groups excluding carboxylic acids is 1. The van der Waals surface area contributed by atoms with Crippen LogP contribution in [0.15, 0.2) is 0 Å². The molecule has 3 fully saturated rings. The Balaban J connectivity index is 1.23. The Kier molecular flexibility index (Phi) is 3.15. The van der Waals surface area contributed by atoms with E-state index in [0.29, 0.717) is 25.6 Å². The Bertz CT molecular complexity index is 733. The summed E-state index contributed by atoms with van der Waals surface area (Å²) in [7, 11) is 0. The molecule has 25 heavy (non-hydrogen) atoms. The van der Waals surface area contributed by atoms with Gasteiger partial charge in [0.1, 0.15) is 5.82 Å². The molecule has 1 unspecified atom stereocenters. The second-order valence-corrected chi connectivity index (χ2v) is 8.05. The number of rotatable bonds is 2. The van der Waals surface area contributed by atoms with Gasteiger partial charge >= 0.3 is 6.09 Å². The molecule has 0 radical (unpaired) electrons. The van der Waals surface area contributed by atoms with Gasteiger partial charge in [-0.2, -0.15) is 0 Å². The number of amides is 2. The zero-order chi connectivity index (χ0) is 17.2. The summed E-state index contributed by atoms with van der Waals surface area (Å²) in [6.45, 7) is 3.20. The molecule has 1 saturated heterocycles. The van der Waals surface area contributed by atoms with Gasteiger partial charge in [0.25, 0.3) is 0 Å². The molecule has 4 aliphatic rings. The molecule has 1 aromatic heterocycles. The molecule has 2 amide bonds. The highest BCUT2D eigenvalue weighted by atomic mass is 16.4. The number of nitrogens with zero attached hydrogens (tertiary/aromatic N) is 5. The average molecular weight is 345 g/mol. The lowest BCUT2D eigenvalue weighted by Gasteiger charge is -2.32. The lowest BCUT2D eigenvalue weighted by atomic mass is 9.90. The minimum atomic E-state index is -0.847. The van der Waals surface area contributed by atoms with E-state index in [4.69, 9.17) is 5.11 Å². The maximum atomic E-state index is 13.0. The van der Waals surface area contributed by atoms with Crippen molar-refractivity contribution in [2.75, 3.05) is 19.6 Å². The molecule has 8 heteroatoms. The molecule has 0 bridgehead atoms. The van der Waals surface area contributed by atoms with Crippen LogP contribution >= 0.6 is 0 Å². The summed E-state index contributed by atoms with van der Waals surface area (Å²) in [5.41, 5.74) is 0.0489.